The number of thioether (sulfide) groups is 1. The summed E-state index contributed by atoms with van der Waals surface area (Å²) in [7, 11) is 0. The van der Waals surface area contributed by atoms with Crippen LogP contribution >= 0.6 is 11.8 Å². The highest BCUT2D eigenvalue weighted by Crippen LogP contribution is 2.32. The Morgan fingerprint density at radius 2 is 2.16 bits per heavy atom. The predicted molar refractivity (Wildman–Crippen MR) is 99.2 cm³/mol. The minimum atomic E-state index is -0.252. The Bertz CT molecular complexity index is 996. The molecule has 3 aromatic rings. The molecule has 0 aliphatic carbocycles. The van der Waals surface area contributed by atoms with Gasteiger partial charge in [0.05, 0.1) is 22.5 Å². The minimum Gasteiger partial charge on any atom is -0.324 e. The van der Waals surface area contributed by atoms with E-state index >= 15 is 0 Å². The maximum Gasteiger partial charge on any atom is 0.258 e. The van der Waals surface area contributed by atoms with Crippen LogP contribution in [-0.2, 0) is 11.3 Å². The summed E-state index contributed by atoms with van der Waals surface area (Å²) in [6.07, 6.45) is 0. The number of benzene rings is 2. The summed E-state index contributed by atoms with van der Waals surface area (Å²) in [5.41, 5.74) is 2.98. The Morgan fingerprint density at radius 1 is 1.32 bits per heavy atom. The van der Waals surface area contributed by atoms with Crippen LogP contribution in [0.15, 0.2) is 47.4 Å². The molecule has 7 heteroatoms. The number of amides is 2. The lowest BCUT2D eigenvalue weighted by Crippen LogP contribution is -2.20. The molecular formula is C18H16N4O2S. The Kier molecular flexibility index (Phi) is 3.93. The topological polar surface area (TPSA) is 76.0 Å². The van der Waals surface area contributed by atoms with Crippen LogP contribution in [0, 0.1) is 0 Å². The van der Waals surface area contributed by atoms with Crippen LogP contribution in [0.4, 0.5) is 11.6 Å². The first-order valence-electron chi connectivity index (χ1n) is 7.99. The summed E-state index contributed by atoms with van der Waals surface area (Å²) in [4.78, 5) is 29.7. The van der Waals surface area contributed by atoms with E-state index < -0.39 is 0 Å². The van der Waals surface area contributed by atoms with Crippen LogP contribution in [0.2, 0.25) is 0 Å². The van der Waals surface area contributed by atoms with Crippen LogP contribution < -0.4 is 10.6 Å². The van der Waals surface area contributed by atoms with Gasteiger partial charge in [-0.15, -0.1) is 11.8 Å². The molecule has 1 aromatic heterocycles. The SMILES string of the molecule is CCn1c(NC(=O)c2ccc3c(c2)NC(=O)CS3)nc2ccccc21. The monoisotopic (exact) mass is 352 g/mol. The van der Waals surface area contributed by atoms with Gasteiger partial charge in [0.25, 0.3) is 5.91 Å². The Balaban J connectivity index is 1.64. The number of aromatic nitrogens is 2. The molecule has 1 aliphatic heterocycles. The van der Waals surface area contributed by atoms with Gasteiger partial charge in [0, 0.05) is 17.0 Å². The van der Waals surface area contributed by atoms with E-state index in [0.717, 1.165) is 15.9 Å². The molecule has 0 radical (unpaired) electrons. The largest absolute Gasteiger partial charge is 0.324 e. The quantitative estimate of drug-likeness (QED) is 0.758. The van der Waals surface area contributed by atoms with Gasteiger partial charge in [0.1, 0.15) is 0 Å². The highest BCUT2D eigenvalue weighted by atomic mass is 32.2. The van der Waals surface area contributed by atoms with Gasteiger partial charge in [-0.1, -0.05) is 12.1 Å². The fourth-order valence-electron chi connectivity index (χ4n) is 2.89. The summed E-state index contributed by atoms with van der Waals surface area (Å²) in [6, 6.07) is 13.1. The normalized spacial score (nSPS) is 13.4. The molecule has 0 fully saturated rings. The van der Waals surface area contributed by atoms with E-state index in [1.165, 1.54) is 11.8 Å². The lowest BCUT2D eigenvalue weighted by atomic mass is 10.2. The highest BCUT2D eigenvalue weighted by Gasteiger charge is 2.18. The summed E-state index contributed by atoms with van der Waals surface area (Å²) in [5, 5.41) is 5.68. The number of rotatable bonds is 3. The van der Waals surface area contributed by atoms with Crippen molar-refractivity contribution in [2.45, 2.75) is 18.4 Å². The molecule has 2 heterocycles. The maximum atomic E-state index is 12.6. The average Bonchev–Trinajstić information content (AvgIpc) is 2.97. The number of aryl methyl sites for hydroxylation is 1. The third kappa shape index (κ3) is 2.87. The first kappa shape index (κ1) is 15.7. The molecule has 2 aromatic carbocycles. The van der Waals surface area contributed by atoms with Gasteiger partial charge >= 0.3 is 0 Å². The molecule has 25 heavy (non-hydrogen) atoms. The molecule has 0 unspecified atom stereocenters. The number of nitrogens with zero attached hydrogens (tertiary/aromatic N) is 2. The number of anilines is 2. The zero-order valence-electron chi connectivity index (χ0n) is 13.6. The summed E-state index contributed by atoms with van der Waals surface area (Å²) >= 11 is 1.47. The van der Waals surface area contributed by atoms with Crippen LogP contribution in [0.25, 0.3) is 11.0 Å². The van der Waals surface area contributed by atoms with E-state index in [2.05, 4.69) is 15.6 Å². The van der Waals surface area contributed by atoms with Crippen molar-refractivity contribution in [1.82, 2.24) is 9.55 Å². The number of para-hydroxylation sites is 2. The molecule has 0 bridgehead atoms. The van der Waals surface area contributed by atoms with Gasteiger partial charge in [0.2, 0.25) is 11.9 Å². The Hall–Kier alpha value is -2.80. The molecule has 0 atom stereocenters. The summed E-state index contributed by atoms with van der Waals surface area (Å²) in [5.74, 6) is 0.615. The van der Waals surface area contributed by atoms with Gasteiger partial charge in [-0.25, -0.2) is 4.98 Å². The van der Waals surface area contributed by atoms with Crippen molar-refractivity contribution >= 4 is 46.2 Å². The standard InChI is InChI=1S/C18H16N4O2S/c1-2-22-14-6-4-3-5-12(14)20-18(22)21-17(24)11-7-8-15-13(9-11)19-16(23)10-25-15/h3-9H,2,10H2,1H3,(H,19,23)(H,20,21,24). The third-order valence-electron chi connectivity index (χ3n) is 4.07. The van der Waals surface area contributed by atoms with Gasteiger partial charge in [-0.05, 0) is 37.3 Å². The second-order valence-corrected chi connectivity index (χ2v) is 6.69. The minimum absolute atomic E-state index is 0.0529. The van der Waals surface area contributed by atoms with Crippen molar-refractivity contribution in [3.63, 3.8) is 0 Å². The average molecular weight is 352 g/mol. The number of carbonyl (C=O) groups is 2. The molecule has 4 rings (SSSR count). The number of fused-ring (bicyclic) bond motifs is 2. The van der Waals surface area contributed by atoms with E-state index in [-0.39, 0.29) is 11.8 Å². The number of nitrogens with one attached hydrogen (secondary N) is 2. The molecule has 2 N–H and O–H groups in total. The molecular weight excluding hydrogens is 336 g/mol. The maximum absolute atomic E-state index is 12.6. The van der Waals surface area contributed by atoms with E-state index in [9.17, 15) is 9.59 Å². The van der Waals surface area contributed by atoms with Gasteiger partial charge < -0.3 is 9.88 Å². The smallest absolute Gasteiger partial charge is 0.258 e. The van der Waals surface area contributed by atoms with Crippen LogP contribution in [0.5, 0.6) is 0 Å². The van der Waals surface area contributed by atoms with Gasteiger partial charge in [-0.2, -0.15) is 0 Å². The Labute approximate surface area is 148 Å². The van der Waals surface area contributed by atoms with Crippen molar-refractivity contribution in [1.29, 1.82) is 0 Å². The predicted octanol–water partition coefficient (Wildman–Crippen LogP) is 3.35. The van der Waals surface area contributed by atoms with Crippen LogP contribution in [-0.4, -0.2) is 27.1 Å². The molecule has 1 aliphatic rings. The zero-order valence-corrected chi connectivity index (χ0v) is 14.4. The van der Waals surface area contributed by atoms with Crippen molar-refractivity contribution in [3.05, 3.63) is 48.0 Å². The number of imidazole rings is 1. The fraction of sp³-hybridized carbons (Fsp3) is 0.167. The first-order valence-corrected chi connectivity index (χ1v) is 8.97. The zero-order chi connectivity index (χ0) is 17.4. The fourth-order valence-corrected chi connectivity index (χ4v) is 3.68. The second-order valence-electron chi connectivity index (χ2n) is 5.67. The van der Waals surface area contributed by atoms with E-state index in [4.69, 9.17) is 0 Å². The molecule has 0 saturated heterocycles. The summed E-state index contributed by atoms with van der Waals surface area (Å²) < 4.78 is 1.96. The number of hydrogen-bond acceptors (Lipinski definition) is 4. The van der Waals surface area contributed by atoms with Crippen molar-refractivity contribution in [2.24, 2.45) is 0 Å². The first-order chi connectivity index (χ1) is 12.2. The molecule has 0 spiro atoms. The third-order valence-corrected chi connectivity index (χ3v) is 5.14. The van der Waals surface area contributed by atoms with Crippen molar-refractivity contribution < 1.29 is 9.59 Å². The van der Waals surface area contributed by atoms with Crippen LogP contribution in [0.3, 0.4) is 0 Å². The lowest BCUT2D eigenvalue weighted by molar-refractivity contribution is -0.113. The van der Waals surface area contributed by atoms with E-state index in [0.29, 0.717) is 29.5 Å². The molecule has 0 saturated carbocycles. The number of carbonyl (C=O) groups excluding carboxylic acids is 2. The Morgan fingerprint density at radius 3 is 3.00 bits per heavy atom. The molecule has 2 amide bonds. The van der Waals surface area contributed by atoms with Crippen molar-refractivity contribution in [3.8, 4) is 0 Å². The summed E-state index contributed by atoms with van der Waals surface area (Å²) in [6.45, 7) is 2.71. The molecule has 6 nitrogen and oxygen atoms in total. The van der Waals surface area contributed by atoms with Crippen LogP contribution in [0.1, 0.15) is 17.3 Å². The lowest BCUT2D eigenvalue weighted by Gasteiger charge is -2.17. The molecule has 126 valence electrons. The van der Waals surface area contributed by atoms with Gasteiger partial charge in [-0.3, -0.25) is 14.9 Å². The van der Waals surface area contributed by atoms with E-state index in [1.54, 1.807) is 12.1 Å². The van der Waals surface area contributed by atoms with E-state index in [1.807, 2.05) is 41.8 Å². The highest BCUT2D eigenvalue weighted by molar-refractivity contribution is 8.00. The second kappa shape index (κ2) is 6.25. The van der Waals surface area contributed by atoms with Crippen molar-refractivity contribution in [2.75, 3.05) is 16.4 Å². The number of hydrogen-bond donors (Lipinski definition) is 2. The van der Waals surface area contributed by atoms with Gasteiger partial charge in [0.15, 0.2) is 0 Å².